The van der Waals surface area contributed by atoms with Gasteiger partial charge in [-0.15, -0.1) is 11.3 Å². The molecule has 0 aliphatic heterocycles. The molecule has 3 aromatic rings. The van der Waals surface area contributed by atoms with E-state index in [1.165, 1.54) is 26.5 Å². The molecule has 0 saturated heterocycles. The van der Waals surface area contributed by atoms with Crippen LogP contribution in [0.1, 0.15) is 28.4 Å². The molecule has 0 N–H and O–H groups in total. The van der Waals surface area contributed by atoms with E-state index in [0.717, 1.165) is 30.0 Å². The first-order chi connectivity index (χ1) is 11.5. The maximum Gasteiger partial charge on any atom is 0.332 e. The second-order valence-electron chi connectivity index (χ2n) is 5.76. The quantitative estimate of drug-likeness (QED) is 0.656. The van der Waals surface area contributed by atoms with Crippen LogP contribution in [0.3, 0.4) is 0 Å². The van der Waals surface area contributed by atoms with E-state index in [9.17, 15) is 9.59 Å². The predicted octanol–water partition coefficient (Wildman–Crippen LogP) is 1.59. The number of unbranched alkanes of at least 4 members (excludes halogenated alkanes) is 1. The highest BCUT2D eigenvalue weighted by Crippen LogP contribution is 2.19. The zero-order valence-corrected chi connectivity index (χ0v) is 14.8. The minimum absolute atomic E-state index is 0.321. The molecule has 8 heteroatoms. The number of hydrogen-bond donors (Lipinski definition) is 0. The SMILES string of the molecule is Cc1nc(C)c(CCCCn2c(=O)c3cncnc3n(C)c2=O)s1. The van der Waals surface area contributed by atoms with Gasteiger partial charge in [-0.2, -0.15) is 0 Å². The molecular formula is C16H19N5O2S. The number of rotatable bonds is 5. The van der Waals surface area contributed by atoms with Crippen molar-refractivity contribution in [3.8, 4) is 0 Å². The highest BCUT2D eigenvalue weighted by molar-refractivity contribution is 7.11. The number of fused-ring (bicyclic) bond motifs is 1. The Kier molecular flexibility index (Phi) is 4.57. The third-order valence-corrected chi connectivity index (χ3v) is 5.17. The van der Waals surface area contributed by atoms with Crippen LogP contribution >= 0.6 is 11.3 Å². The summed E-state index contributed by atoms with van der Waals surface area (Å²) in [6.45, 7) is 4.41. The van der Waals surface area contributed by atoms with Crippen molar-refractivity contribution in [2.24, 2.45) is 7.05 Å². The standard InChI is InChI=1S/C16H19N5O2S/c1-10-13(24-11(2)19-10)6-4-5-7-21-15(22)12-8-17-9-18-14(12)20(3)16(21)23/h8-9H,4-7H2,1-3H3. The number of hydrogen-bond acceptors (Lipinski definition) is 6. The van der Waals surface area contributed by atoms with Gasteiger partial charge in [0.25, 0.3) is 5.56 Å². The van der Waals surface area contributed by atoms with Crippen molar-refractivity contribution >= 4 is 22.4 Å². The lowest BCUT2D eigenvalue weighted by Gasteiger charge is -2.09. The van der Waals surface area contributed by atoms with E-state index < -0.39 is 0 Å². The van der Waals surface area contributed by atoms with Gasteiger partial charge in [-0.25, -0.2) is 19.7 Å². The highest BCUT2D eigenvalue weighted by atomic mass is 32.1. The average molecular weight is 345 g/mol. The molecule has 0 atom stereocenters. The van der Waals surface area contributed by atoms with Gasteiger partial charge in [-0.05, 0) is 33.1 Å². The Labute approximate surface area is 142 Å². The van der Waals surface area contributed by atoms with Crippen LogP contribution in [-0.4, -0.2) is 24.1 Å². The Hall–Kier alpha value is -2.35. The van der Waals surface area contributed by atoms with Gasteiger partial charge in [0.15, 0.2) is 5.65 Å². The molecule has 0 fully saturated rings. The number of nitrogens with zero attached hydrogens (tertiary/aromatic N) is 5. The summed E-state index contributed by atoms with van der Waals surface area (Å²) in [5.41, 5.74) is 0.787. The van der Waals surface area contributed by atoms with Gasteiger partial charge in [0.05, 0.1) is 10.7 Å². The third-order valence-electron chi connectivity index (χ3n) is 4.04. The molecule has 0 radical (unpaired) electrons. The lowest BCUT2D eigenvalue weighted by atomic mass is 10.2. The average Bonchev–Trinajstić information content (AvgIpc) is 2.89. The van der Waals surface area contributed by atoms with E-state index in [1.54, 1.807) is 18.4 Å². The molecule has 126 valence electrons. The van der Waals surface area contributed by atoms with Crippen molar-refractivity contribution in [3.63, 3.8) is 0 Å². The first-order valence-corrected chi connectivity index (χ1v) is 8.63. The minimum Gasteiger partial charge on any atom is -0.280 e. The molecule has 0 aliphatic rings. The van der Waals surface area contributed by atoms with Gasteiger partial charge in [0.1, 0.15) is 11.7 Å². The van der Waals surface area contributed by atoms with E-state index >= 15 is 0 Å². The molecule has 0 unspecified atom stereocenters. The third kappa shape index (κ3) is 3.01. The molecule has 0 bridgehead atoms. The van der Waals surface area contributed by atoms with Crippen molar-refractivity contribution in [1.29, 1.82) is 0 Å². The molecular weight excluding hydrogens is 326 g/mol. The molecule has 3 rings (SSSR count). The van der Waals surface area contributed by atoms with Crippen molar-refractivity contribution in [2.45, 2.75) is 39.7 Å². The monoisotopic (exact) mass is 345 g/mol. The number of aromatic nitrogens is 5. The van der Waals surface area contributed by atoms with E-state index in [0.29, 0.717) is 17.6 Å². The molecule has 0 aliphatic carbocycles. The summed E-state index contributed by atoms with van der Waals surface area (Å²) in [6.07, 6.45) is 5.38. The summed E-state index contributed by atoms with van der Waals surface area (Å²) in [5.74, 6) is 0. The van der Waals surface area contributed by atoms with Crippen LogP contribution in [0.5, 0.6) is 0 Å². The summed E-state index contributed by atoms with van der Waals surface area (Å²) >= 11 is 1.71. The van der Waals surface area contributed by atoms with Crippen LogP contribution < -0.4 is 11.2 Å². The Morgan fingerprint density at radius 3 is 2.71 bits per heavy atom. The van der Waals surface area contributed by atoms with Gasteiger partial charge in [0.2, 0.25) is 0 Å². The van der Waals surface area contributed by atoms with Gasteiger partial charge >= 0.3 is 5.69 Å². The summed E-state index contributed by atoms with van der Waals surface area (Å²) in [7, 11) is 1.62. The molecule has 7 nitrogen and oxygen atoms in total. The zero-order chi connectivity index (χ0) is 17.3. The van der Waals surface area contributed by atoms with Crippen molar-refractivity contribution in [2.75, 3.05) is 0 Å². The predicted molar refractivity (Wildman–Crippen MR) is 93.6 cm³/mol. The fourth-order valence-electron chi connectivity index (χ4n) is 2.80. The highest BCUT2D eigenvalue weighted by Gasteiger charge is 2.12. The molecule has 3 heterocycles. The van der Waals surface area contributed by atoms with Gasteiger partial charge in [0, 0.05) is 24.7 Å². The van der Waals surface area contributed by atoms with Gasteiger partial charge in [-0.3, -0.25) is 13.9 Å². The summed E-state index contributed by atoms with van der Waals surface area (Å²) < 4.78 is 2.67. The second kappa shape index (κ2) is 6.64. The maximum atomic E-state index is 12.5. The fraction of sp³-hybridized carbons (Fsp3) is 0.438. The summed E-state index contributed by atoms with van der Waals surface area (Å²) in [4.78, 5) is 38.5. The largest absolute Gasteiger partial charge is 0.332 e. The normalized spacial score (nSPS) is 11.3. The van der Waals surface area contributed by atoms with E-state index in [4.69, 9.17) is 0 Å². The van der Waals surface area contributed by atoms with Crippen LogP contribution in [0, 0.1) is 13.8 Å². The van der Waals surface area contributed by atoms with Crippen molar-refractivity contribution in [1.82, 2.24) is 24.1 Å². The molecule has 0 amide bonds. The van der Waals surface area contributed by atoms with Crippen LogP contribution in [0.2, 0.25) is 0 Å². The fourth-order valence-corrected chi connectivity index (χ4v) is 3.78. The first-order valence-electron chi connectivity index (χ1n) is 7.81. The first kappa shape index (κ1) is 16.5. The molecule has 0 saturated carbocycles. The zero-order valence-electron chi connectivity index (χ0n) is 13.9. The second-order valence-corrected chi connectivity index (χ2v) is 7.04. The van der Waals surface area contributed by atoms with E-state index in [2.05, 4.69) is 15.0 Å². The van der Waals surface area contributed by atoms with E-state index in [-0.39, 0.29) is 11.2 Å². The molecule has 24 heavy (non-hydrogen) atoms. The van der Waals surface area contributed by atoms with Crippen LogP contribution in [-0.2, 0) is 20.0 Å². The maximum absolute atomic E-state index is 12.5. The van der Waals surface area contributed by atoms with Crippen LogP contribution in [0.25, 0.3) is 11.0 Å². The number of thiazole rings is 1. The Balaban J connectivity index is 1.77. The smallest absolute Gasteiger partial charge is 0.280 e. The lowest BCUT2D eigenvalue weighted by molar-refractivity contribution is 0.554. The van der Waals surface area contributed by atoms with Gasteiger partial charge < -0.3 is 0 Å². The Bertz CT molecular complexity index is 1000. The topological polar surface area (TPSA) is 82.7 Å². The Morgan fingerprint density at radius 2 is 2.00 bits per heavy atom. The summed E-state index contributed by atoms with van der Waals surface area (Å²) in [6, 6.07) is 0. The minimum atomic E-state index is -0.337. The van der Waals surface area contributed by atoms with Gasteiger partial charge in [-0.1, -0.05) is 0 Å². The van der Waals surface area contributed by atoms with Crippen LogP contribution in [0.15, 0.2) is 22.1 Å². The van der Waals surface area contributed by atoms with Crippen LogP contribution in [0.4, 0.5) is 0 Å². The summed E-state index contributed by atoms with van der Waals surface area (Å²) in [5, 5.41) is 1.44. The molecule has 3 aromatic heterocycles. The Morgan fingerprint density at radius 1 is 1.21 bits per heavy atom. The lowest BCUT2D eigenvalue weighted by Crippen LogP contribution is -2.39. The number of aryl methyl sites for hydroxylation is 4. The molecule has 0 spiro atoms. The van der Waals surface area contributed by atoms with Crippen molar-refractivity contribution < 1.29 is 0 Å². The van der Waals surface area contributed by atoms with Crippen molar-refractivity contribution in [3.05, 3.63) is 48.9 Å². The molecule has 0 aromatic carbocycles. The van der Waals surface area contributed by atoms with E-state index in [1.807, 2.05) is 13.8 Å².